The van der Waals surface area contributed by atoms with Crippen LogP contribution in [0.1, 0.15) is 27.9 Å². The molecule has 0 aliphatic carbocycles. The Morgan fingerprint density at radius 3 is 2.38 bits per heavy atom. The molecule has 1 aromatic heterocycles. The number of aromatic nitrogens is 1. The highest BCUT2D eigenvalue weighted by atomic mass is 15.2. The Balaban J connectivity index is 1.24. The molecule has 1 fully saturated rings. The van der Waals surface area contributed by atoms with Crippen LogP contribution in [0.2, 0.25) is 0 Å². The molecule has 32 heavy (non-hydrogen) atoms. The van der Waals surface area contributed by atoms with Gasteiger partial charge in [0.25, 0.3) is 0 Å². The van der Waals surface area contributed by atoms with E-state index in [0.717, 1.165) is 61.8 Å². The van der Waals surface area contributed by atoms with Gasteiger partial charge in [0.05, 0.1) is 28.5 Å². The van der Waals surface area contributed by atoms with Crippen molar-refractivity contribution in [1.29, 1.82) is 0 Å². The smallest absolute Gasteiger partial charge is 0.0848 e. The largest absolute Gasteiger partial charge is 0.369 e. The Morgan fingerprint density at radius 1 is 0.781 bits per heavy atom. The molecule has 3 aromatic rings. The SMILES string of the molecule is Cc1cc2c(cc1C1=Nc3ccc(N4CCN(C)CC4)cc3C1)CC(c1ccccn1)=N2. The van der Waals surface area contributed by atoms with Gasteiger partial charge < -0.3 is 9.80 Å². The van der Waals surface area contributed by atoms with Crippen molar-refractivity contribution in [1.82, 2.24) is 9.88 Å². The molecule has 3 aliphatic rings. The number of likely N-dealkylation sites (N-methyl/N-ethyl adjacent to an activating group) is 1. The number of anilines is 1. The maximum absolute atomic E-state index is 5.02. The van der Waals surface area contributed by atoms with Crippen LogP contribution in [0.5, 0.6) is 0 Å². The van der Waals surface area contributed by atoms with Crippen molar-refractivity contribution in [3.8, 4) is 0 Å². The first kappa shape index (κ1) is 19.4. The fourth-order valence-corrected chi connectivity index (χ4v) is 4.95. The third-order valence-corrected chi connectivity index (χ3v) is 6.86. The second kappa shape index (κ2) is 7.68. The van der Waals surface area contributed by atoms with Crippen LogP contribution < -0.4 is 4.90 Å². The molecule has 160 valence electrons. The monoisotopic (exact) mass is 421 g/mol. The van der Waals surface area contributed by atoms with E-state index in [1.165, 1.54) is 33.7 Å². The molecule has 0 atom stereocenters. The molecule has 3 aliphatic heterocycles. The van der Waals surface area contributed by atoms with E-state index in [2.05, 4.69) is 59.1 Å². The van der Waals surface area contributed by atoms with E-state index in [9.17, 15) is 0 Å². The summed E-state index contributed by atoms with van der Waals surface area (Å²) in [5.41, 5.74) is 11.8. The average molecular weight is 422 g/mol. The lowest BCUT2D eigenvalue weighted by Crippen LogP contribution is -2.44. The molecule has 0 unspecified atom stereocenters. The van der Waals surface area contributed by atoms with Crippen LogP contribution in [0, 0.1) is 6.92 Å². The number of benzene rings is 2. The van der Waals surface area contributed by atoms with Crippen molar-refractivity contribution in [3.05, 3.63) is 82.7 Å². The summed E-state index contributed by atoms with van der Waals surface area (Å²) in [5, 5.41) is 0. The van der Waals surface area contributed by atoms with Crippen LogP contribution in [0.15, 0.2) is 64.7 Å². The first-order chi connectivity index (χ1) is 15.6. The van der Waals surface area contributed by atoms with E-state index in [1.54, 1.807) is 0 Å². The van der Waals surface area contributed by atoms with Crippen LogP contribution in [0.3, 0.4) is 0 Å². The standard InChI is InChI=1S/C27H27N5/c1-18-13-25-20(17-27(30-25)24-5-3-4-8-28-24)15-22(18)26-16-19-14-21(6-7-23(19)29-26)32-11-9-31(2)10-12-32/h3-8,13-15H,9-12,16-17H2,1-2H3. The van der Waals surface area contributed by atoms with Gasteiger partial charge in [0.15, 0.2) is 0 Å². The fraction of sp³-hybridized carbons (Fsp3) is 0.296. The van der Waals surface area contributed by atoms with Gasteiger partial charge in [-0.3, -0.25) is 15.0 Å². The quantitative estimate of drug-likeness (QED) is 0.626. The molecule has 0 amide bonds. The van der Waals surface area contributed by atoms with Crippen molar-refractivity contribution < 1.29 is 0 Å². The molecule has 1 saturated heterocycles. The minimum atomic E-state index is 0.827. The summed E-state index contributed by atoms with van der Waals surface area (Å²) in [6.07, 6.45) is 3.55. The zero-order valence-corrected chi connectivity index (χ0v) is 18.7. The predicted octanol–water partition coefficient (Wildman–Crippen LogP) is 4.50. The Bertz CT molecular complexity index is 1250. The van der Waals surface area contributed by atoms with Crippen LogP contribution in [0.4, 0.5) is 17.1 Å². The highest BCUT2D eigenvalue weighted by Gasteiger charge is 2.24. The maximum atomic E-state index is 5.02. The number of rotatable bonds is 3. The number of nitrogens with zero attached hydrogens (tertiary/aromatic N) is 5. The van der Waals surface area contributed by atoms with E-state index < -0.39 is 0 Å². The number of hydrogen-bond donors (Lipinski definition) is 0. The Hall–Kier alpha value is -3.31. The third-order valence-electron chi connectivity index (χ3n) is 6.86. The molecule has 0 spiro atoms. The highest BCUT2D eigenvalue weighted by molar-refractivity contribution is 6.10. The minimum absolute atomic E-state index is 0.827. The lowest BCUT2D eigenvalue weighted by atomic mass is 9.95. The van der Waals surface area contributed by atoms with Gasteiger partial charge in [-0.15, -0.1) is 0 Å². The van der Waals surface area contributed by atoms with E-state index in [0.29, 0.717) is 0 Å². The number of piperazine rings is 1. The van der Waals surface area contributed by atoms with Gasteiger partial charge in [-0.25, -0.2) is 0 Å². The predicted molar refractivity (Wildman–Crippen MR) is 131 cm³/mol. The van der Waals surface area contributed by atoms with Gasteiger partial charge in [0, 0.05) is 50.9 Å². The molecule has 0 saturated carbocycles. The molecule has 0 radical (unpaired) electrons. The molecule has 4 heterocycles. The van der Waals surface area contributed by atoms with E-state index in [1.807, 2.05) is 24.4 Å². The summed E-state index contributed by atoms with van der Waals surface area (Å²) in [7, 11) is 2.20. The zero-order valence-electron chi connectivity index (χ0n) is 18.7. The van der Waals surface area contributed by atoms with Gasteiger partial charge >= 0.3 is 0 Å². The van der Waals surface area contributed by atoms with Gasteiger partial charge in [0.1, 0.15) is 0 Å². The van der Waals surface area contributed by atoms with Crippen molar-refractivity contribution in [3.63, 3.8) is 0 Å². The summed E-state index contributed by atoms with van der Waals surface area (Å²) < 4.78 is 0. The third kappa shape index (κ3) is 3.43. The number of hydrogen-bond acceptors (Lipinski definition) is 5. The molecular formula is C27H27N5. The number of aliphatic imine (C=N–C) groups is 2. The Labute approximate surface area is 189 Å². The number of fused-ring (bicyclic) bond motifs is 2. The number of aryl methyl sites for hydroxylation is 1. The van der Waals surface area contributed by atoms with E-state index in [-0.39, 0.29) is 0 Å². The minimum Gasteiger partial charge on any atom is -0.369 e. The second-order valence-corrected chi connectivity index (χ2v) is 9.08. The molecule has 5 nitrogen and oxygen atoms in total. The summed E-state index contributed by atoms with van der Waals surface area (Å²) in [4.78, 5) is 19.3. The van der Waals surface area contributed by atoms with Crippen LogP contribution in [-0.2, 0) is 12.8 Å². The van der Waals surface area contributed by atoms with Gasteiger partial charge in [-0.1, -0.05) is 6.07 Å². The topological polar surface area (TPSA) is 44.1 Å². The van der Waals surface area contributed by atoms with E-state index in [4.69, 9.17) is 9.98 Å². The summed E-state index contributed by atoms with van der Waals surface area (Å²) in [5.74, 6) is 0. The number of pyridine rings is 1. The second-order valence-electron chi connectivity index (χ2n) is 9.08. The molecule has 0 bridgehead atoms. The normalized spacial score (nSPS) is 17.8. The average Bonchev–Trinajstić information content (AvgIpc) is 3.42. The van der Waals surface area contributed by atoms with Crippen LogP contribution >= 0.6 is 0 Å². The highest BCUT2D eigenvalue weighted by Crippen LogP contribution is 2.36. The molecule has 6 rings (SSSR count). The lowest BCUT2D eigenvalue weighted by molar-refractivity contribution is 0.313. The summed E-state index contributed by atoms with van der Waals surface area (Å²) in [6.45, 7) is 6.59. The Kier molecular flexibility index (Phi) is 4.65. The first-order valence-corrected chi connectivity index (χ1v) is 11.4. The molecule has 0 N–H and O–H groups in total. The molecular weight excluding hydrogens is 394 g/mol. The maximum Gasteiger partial charge on any atom is 0.0848 e. The molecule has 2 aromatic carbocycles. The first-order valence-electron chi connectivity index (χ1n) is 11.4. The van der Waals surface area contributed by atoms with Crippen molar-refractivity contribution in [2.45, 2.75) is 19.8 Å². The fourth-order valence-electron chi connectivity index (χ4n) is 4.95. The van der Waals surface area contributed by atoms with Gasteiger partial charge in [-0.05, 0) is 78.7 Å². The molecule has 5 heteroatoms. The van der Waals surface area contributed by atoms with Crippen LogP contribution in [0.25, 0.3) is 0 Å². The summed E-state index contributed by atoms with van der Waals surface area (Å²) >= 11 is 0. The van der Waals surface area contributed by atoms with Gasteiger partial charge in [0.2, 0.25) is 0 Å². The van der Waals surface area contributed by atoms with Crippen molar-refractivity contribution in [2.75, 3.05) is 38.1 Å². The van der Waals surface area contributed by atoms with E-state index >= 15 is 0 Å². The van der Waals surface area contributed by atoms with Crippen molar-refractivity contribution >= 4 is 28.5 Å². The van der Waals surface area contributed by atoms with Crippen molar-refractivity contribution in [2.24, 2.45) is 9.98 Å². The van der Waals surface area contributed by atoms with Gasteiger partial charge in [-0.2, -0.15) is 0 Å². The van der Waals surface area contributed by atoms with Crippen LogP contribution in [-0.4, -0.2) is 54.5 Å². The lowest BCUT2D eigenvalue weighted by Gasteiger charge is -2.34. The summed E-state index contributed by atoms with van der Waals surface area (Å²) in [6, 6.07) is 17.3. The zero-order chi connectivity index (χ0) is 21.7. The Morgan fingerprint density at radius 2 is 1.56 bits per heavy atom.